The molecule has 10 heteroatoms. The predicted molar refractivity (Wildman–Crippen MR) is 167 cm³/mol. The maximum Gasteiger partial charge on any atom is 0.270 e. The number of benzene rings is 4. The fourth-order valence-electron chi connectivity index (χ4n) is 4.24. The van der Waals surface area contributed by atoms with E-state index in [-0.39, 0.29) is 26.4 Å². The monoisotopic (exact) mass is 688 g/mol. The number of carbonyl (C=O) groups excluding carboxylic acids is 2. The molecule has 6 nitrogen and oxygen atoms in total. The number of halogens is 3. The minimum absolute atomic E-state index is 0.0874. The number of carbonyl (C=O) groups is 2. The van der Waals surface area contributed by atoms with Crippen LogP contribution in [0.1, 0.15) is 11.1 Å². The summed E-state index contributed by atoms with van der Waals surface area (Å²) in [6, 6.07) is 22.5. The lowest BCUT2D eigenvalue weighted by molar-refractivity contribution is -0.122. The van der Waals surface area contributed by atoms with Gasteiger partial charge in [0.25, 0.3) is 11.8 Å². The van der Waals surface area contributed by atoms with E-state index in [1.54, 1.807) is 30.3 Å². The average Bonchev–Trinajstić information content (AvgIpc) is 2.92. The molecule has 1 saturated heterocycles. The number of nitrogens with zero attached hydrogens (tertiary/aromatic N) is 1. The van der Waals surface area contributed by atoms with Gasteiger partial charge in [0, 0.05) is 0 Å². The summed E-state index contributed by atoms with van der Waals surface area (Å²) in [5.74, 6) is -0.230. The maximum absolute atomic E-state index is 13.4. The third kappa shape index (κ3) is 5.47. The first kappa shape index (κ1) is 27.4. The minimum Gasteiger partial charge on any atom is -0.493 e. The van der Waals surface area contributed by atoms with Gasteiger partial charge in [0.2, 0.25) is 0 Å². The van der Waals surface area contributed by atoms with E-state index in [9.17, 15) is 9.59 Å². The number of hydrogen-bond acceptors (Lipinski definition) is 5. The number of ether oxygens (including phenoxy) is 2. The van der Waals surface area contributed by atoms with E-state index in [0.717, 1.165) is 24.8 Å². The normalized spacial score (nSPS) is 14.6. The Hall–Kier alpha value is -3.18. The smallest absolute Gasteiger partial charge is 0.270 e. The van der Waals surface area contributed by atoms with E-state index in [1.807, 2.05) is 24.3 Å². The van der Waals surface area contributed by atoms with E-state index >= 15 is 0 Å². The number of anilines is 1. The van der Waals surface area contributed by atoms with Crippen molar-refractivity contribution in [3.8, 4) is 11.5 Å². The van der Waals surface area contributed by atoms with Crippen molar-refractivity contribution in [2.24, 2.45) is 0 Å². The van der Waals surface area contributed by atoms with Crippen molar-refractivity contribution in [3.63, 3.8) is 0 Å². The molecule has 0 unspecified atom stereocenters. The summed E-state index contributed by atoms with van der Waals surface area (Å²) >= 11 is 19.9. The molecular weight excluding hydrogens is 670 g/mol. The van der Waals surface area contributed by atoms with E-state index in [0.29, 0.717) is 23.7 Å². The largest absolute Gasteiger partial charge is 0.493 e. The summed E-state index contributed by atoms with van der Waals surface area (Å²) in [5, 5.41) is 5.11. The van der Waals surface area contributed by atoms with Gasteiger partial charge in [-0.15, -0.1) is 0 Å². The SMILES string of the molecule is COc1cc(C=C2C(=O)NC(=S)N(c3cccc(Cl)c3Cl)C2=O)cc(I)c1OCc1cccc2ccccc12. The first-order valence-electron chi connectivity index (χ1n) is 11.6. The van der Waals surface area contributed by atoms with Crippen molar-refractivity contribution in [2.45, 2.75) is 6.61 Å². The molecular formula is C29H19Cl2IN2O4S. The Morgan fingerprint density at radius 3 is 2.56 bits per heavy atom. The Bertz CT molecular complexity index is 1690. The number of thiocarbonyl (C=S) groups is 1. The van der Waals surface area contributed by atoms with E-state index in [1.165, 1.54) is 13.2 Å². The number of amides is 2. The van der Waals surface area contributed by atoms with Crippen LogP contribution in [0.15, 0.2) is 78.4 Å². The third-order valence-electron chi connectivity index (χ3n) is 6.09. The van der Waals surface area contributed by atoms with E-state index in [4.69, 9.17) is 44.9 Å². The lowest BCUT2D eigenvalue weighted by Gasteiger charge is -2.29. The van der Waals surface area contributed by atoms with Crippen LogP contribution in [0.3, 0.4) is 0 Å². The molecule has 5 rings (SSSR count). The summed E-state index contributed by atoms with van der Waals surface area (Å²) in [7, 11) is 1.53. The average molecular weight is 689 g/mol. The van der Waals surface area contributed by atoms with Gasteiger partial charge in [0.15, 0.2) is 16.6 Å². The summed E-state index contributed by atoms with van der Waals surface area (Å²) in [6.07, 6.45) is 1.48. The van der Waals surface area contributed by atoms with E-state index in [2.05, 4.69) is 46.1 Å². The fourth-order valence-corrected chi connectivity index (χ4v) is 5.67. The Kier molecular flexibility index (Phi) is 8.08. The van der Waals surface area contributed by atoms with Crippen LogP contribution in [-0.2, 0) is 16.2 Å². The quantitative estimate of drug-likeness (QED) is 0.101. The van der Waals surface area contributed by atoms with Crippen molar-refractivity contribution in [2.75, 3.05) is 12.0 Å². The third-order valence-corrected chi connectivity index (χ3v) is 7.98. The zero-order chi connectivity index (χ0) is 27.7. The van der Waals surface area contributed by atoms with Crippen molar-refractivity contribution in [3.05, 3.63) is 103 Å². The summed E-state index contributed by atoms with van der Waals surface area (Å²) in [5.41, 5.74) is 1.76. The van der Waals surface area contributed by atoms with E-state index < -0.39 is 11.8 Å². The molecule has 4 aromatic carbocycles. The van der Waals surface area contributed by atoms with Crippen molar-refractivity contribution in [1.29, 1.82) is 0 Å². The molecule has 0 aromatic heterocycles. The first-order valence-corrected chi connectivity index (χ1v) is 13.8. The second kappa shape index (κ2) is 11.5. The van der Waals surface area contributed by atoms with Crippen LogP contribution in [0.25, 0.3) is 16.8 Å². The second-order valence-corrected chi connectivity index (χ2v) is 10.8. The van der Waals surface area contributed by atoms with Crippen LogP contribution in [-0.4, -0.2) is 24.0 Å². The van der Waals surface area contributed by atoms with Crippen LogP contribution < -0.4 is 19.7 Å². The van der Waals surface area contributed by atoms with Gasteiger partial charge in [-0.3, -0.25) is 19.8 Å². The first-order chi connectivity index (χ1) is 18.8. The maximum atomic E-state index is 13.4. The minimum atomic E-state index is -0.627. The summed E-state index contributed by atoms with van der Waals surface area (Å²) in [4.78, 5) is 27.4. The molecule has 39 heavy (non-hydrogen) atoms. The molecule has 0 bridgehead atoms. The fraction of sp³-hybridized carbons (Fsp3) is 0.0690. The molecule has 1 aliphatic heterocycles. The molecule has 1 N–H and O–H groups in total. The number of nitrogens with one attached hydrogen (secondary N) is 1. The van der Waals surface area contributed by atoms with Crippen LogP contribution in [0.4, 0.5) is 5.69 Å². The molecule has 1 heterocycles. The Balaban J connectivity index is 1.46. The van der Waals surface area contributed by atoms with Crippen molar-refractivity contribution >= 4 is 97.5 Å². The van der Waals surface area contributed by atoms with Crippen molar-refractivity contribution < 1.29 is 19.1 Å². The molecule has 2 amide bonds. The van der Waals surface area contributed by atoms with Crippen LogP contribution >= 0.6 is 58.0 Å². The molecule has 4 aromatic rings. The number of hydrogen-bond donors (Lipinski definition) is 1. The van der Waals surface area contributed by atoms with Gasteiger partial charge < -0.3 is 9.47 Å². The Labute approximate surface area is 253 Å². The van der Waals surface area contributed by atoms with Gasteiger partial charge in [0.1, 0.15) is 12.2 Å². The topological polar surface area (TPSA) is 67.9 Å². The van der Waals surface area contributed by atoms with Crippen LogP contribution in [0.5, 0.6) is 11.5 Å². The van der Waals surface area contributed by atoms with Crippen molar-refractivity contribution in [1.82, 2.24) is 5.32 Å². The highest BCUT2D eigenvalue weighted by atomic mass is 127. The summed E-state index contributed by atoms with van der Waals surface area (Å²) < 4.78 is 12.6. The highest BCUT2D eigenvalue weighted by Gasteiger charge is 2.35. The highest BCUT2D eigenvalue weighted by Crippen LogP contribution is 2.37. The van der Waals surface area contributed by atoms with Gasteiger partial charge >= 0.3 is 0 Å². The van der Waals surface area contributed by atoms with Gasteiger partial charge in [-0.1, -0.05) is 71.7 Å². The molecule has 0 spiro atoms. The standard InChI is InChI=1S/C29H19Cl2IN2O4S/c1-37-24-14-16(13-22(32)26(24)38-15-18-8-4-7-17-6-2-3-9-19(17)18)12-20-27(35)33-29(39)34(28(20)36)23-11-5-10-21(30)25(23)31/h2-14H,15H2,1H3,(H,33,35,39). The highest BCUT2D eigenvalue weighted by molar-refractivity contribution is 14.1. The predicted octanol–water partition coefficient (Wildman–Crippen LogP) is 7.17. The molecule has 0 radical (unpaired) electrons. The van der Waals surface area contributed by atoms with Gasteiger partial charge in [-0.05, 0) is 87.0 Å². The molecule has 1 aliphatic rings. The molecule has 0 saturated carbocycles. The zero-order valence-corrected chi connectivity index (χ0v) is 24.8. The number of fused-ring (bicyclic) bond motifs is 1. The Morgan fingerprint density at radius 1 is 1.03 bits per heavy atom. The lowest BCUT2D eigenvalue weighted by atomic mass is 10.1. The zero-order valence-electron chi connectivity index (χ0n) is 20.3. The molecule has 1 fully saturated rings. The van der Waals surface area contributed by atoms with Gasteiger partial charge in [-0.25, -0.2) is 0 Å². The molecule has 0 aliphatic carbocycles. The Morgan fingerprint density at radius 2 is 1.77 bits per heavy atom. The number of methoxy groups -OCH3 is 1. The van der Waals surface area contributed by atoms with Crippen LogP contribution in [0, 0.1) is 3.57 Å². The molecule has 196 valence electrons. The lowest BCUT2D eigenvalue weighted by Crippen LogP contribution is -2.54. The number of rotatable bonds is 6. The van der Waals surface area contributed by atoms with Gasteiger partial charge in [-0.2, -0.15) is 0 Å². The van der Waals surface area contributed by atoms with Crippen LogP contribution in [0.2, 0.25) is 10.0 Å². The molecule has 0 atom stereocenters. The van der Waals surface area contributed by atoms with Gasteiger partial charge in [0.05, 0.1) is 26.4 Å². The summed E-state index contributed by atoms with van der Waals surface area (Å²) in [6.45, 7) is 0.335. The second-order valence-electron chi connectivity index (χ2n) is 8.49.